The highest BCUT2D eigenvalue weighted by atomic mass is 35.5. The van der Waals surface area contributed by atoms with Crippen LogP contribution in [0.4, 0.5) is 5.69 Å². The van der Waals surface area contributed by atoms with Crippen molar-refractivity contribution in [2.45, 2.75) is 13.0 Å². The summed E-state index contributed by atoms with van der Waals surface area (Å²) in [7, 11) is 1.55. The van der Waals surface area contributed by atoms with E-state index in [9.17, 15) is 9.59 Å². The SMILES string of the molecule is COc1ccc2c(Cl)c(C(=O)OC(C)C(=O)Nc3cc(Cl)c(Cl)cc3Cl)sc2c1. The van der Waals surface area contributed by atoms with E-state index >= 15 is 0 Å². The summed E-state index contributed by atoms with van der Waals surface area (Å²) in [6.45, 7) is 1.43. The second-order valence-electron chi connectivity index (χ2n) is 5.89. The van der Waals surface area contributed by atoms with Gasteiger partial charge in [0.1, 0.15) is 10.6 Å². The lowest BCUT2D eigenvalue weighted by molar-refractivity contribution is -0.123. The van der Waals surface area contributed by atoms with Crippen molar-refractivity contribution in [2.24, 2.45) is 0 Å². The second kappa shape index (κ2) is 8.98. The second-order valence-corrected chi connectivity index (χ2v) is 8.54. The molecule has 5 nitrogen and oxygen atoms in total. The normalized spacial score (nSPS) is 11.9. The highest BCUT2D eigenvalue weighted by Gasteiger charge is 2.24. The fraction of sp³-hybridized carbons (Fsp3) is 0.158. The van der Waals surface area contributed by atoms with Crippen molar-refractivity contribution >= 4 is 85.4 Å². The van der Waals surface area contributed by atoms with E-state index in [1.54, 1.807) is 25.3 Å². The monoisotopic (exact) mass is 491 g/mol. The van der Waals surface area contributed by atoms with Crippen LogP contribution in [-0.2, 0) is 9.53 Å². The molecule has 1 N–H and O–H groups in total. The van der Waals surface area contributed by atoms with Gasteiger partial charge in [-0.2, -0.15) is 0 Å². The van der Waals surface area contributed by atoms with Crippen molar-refractivity contribution in [1.29, 1.82) is 0 Å². The highest BCUT2D eigenvalue weighted by Crippen LogP contribution is 2.38. The Kier molecular flexibility index (Phi) is 6.81. The lowest BCUT2D eigenvalue weighted by Crippen LogP contribution is -2.30. The lowest BCUT2D eigenvalue weighted by atomic mass is 10.2. The number of amides is 1. The predicted octanol–water partition coefficient (Wildman–Crippen LogP) is 6.71. The van der Waals surface area contributed by atoms with Gasteiger partial charge in [-0.1, -0.05) is 46.4 Å². The van der Waals surface area contributed by atoms with Crippen molar-refractivity contribution in [2.75, 3.05) is 12.4 Å². The number of nitrogens with one attached hydrogen (secondary N) is 1. The van der Waals surface area contributed by atoms with Crippen molar-refractivity contribution in [3.63, 3.8) is 0 Å². The minimum atomic E-state index is -1.11. The molecule has 3 aromatic rings. The Bertz CT molecular complexity index is 1120. The van der Waals surface area contributed by atoms with E-state index in [0.717, 1.165) is 16.0 Å². The number of fused-ring (bicyclic) bond motifs is 1. The van der Waals surface area contributed by atoms with Crippen LogP contribution >= 0.6 is 57.7 Å². The summed E-state index contributed by atoms with van der Waals surface area (Å²) in [6, 6.07) is 8.09. The van der Waals surface area contributed by atoms with Gasteiger partial charge in [0, 0.05) is 10.1 Å². The summed E-state index contributed by atoms with van der Waals surface area (Å²) >= 11 is 25.3. The van der Waals surface area contributed by atoms with E-state index in [4.69, 9.17) is 55.9 Å². The summed E-state index contributed by atoms with van der Waals surface area (Å²) in [6.07, 6.45) is -1.11. The summed E-state index contributed by atoms with van der Waals surface area (Å²) in [5.41, 5.74) is 0.251. The first-order chi connectivity index (χ1) is 13.7. The zero-order valence-electron chi connectivity index (χ0n) is 15.0. The number of carbonyl (C=O) groups is 2. The first-order valence-corrected chi connectivity index (χ1v) is 10.5. The van der Waals surface area contributed by atoms with Gasteiger partial charge in [0.25, 0.3) is 5.91 Å². The van der Waals surface area contributed by atoms with Gasteiger partial charge < -0.3 is 14.8 Å². The molecule has 1 atom stereocenters. The van der Waals surface area contributed by atoms with Gasteiger partial charge in [0.05, 0.1) is 32.9 Å². The van der Waals surface area contributed by atoms with Crippen LogP contribution in [0.2, 0.25) is 20.1 Å². The molecule has 0 aliphatic rings. The maximum absolute atomic E-state index is 12.6. The number of thiophene rings is 1. The first-order valence-electron chi connectivity index (χ1n) is 8.13. The fourth-order valence-corrected chi connectivity index (χ4v) is 4.44. The van der Waals surface area contributed by atoms with E-state index < -0.39 is 18.0 Å². The van der Waals surface area contributed by atoms with Crippen molar-refractivity contribution in [3.05, 3.63) is 55.3 Å². The molecule has 2 aromatic carbocycles. The average molecular weight is 493 g/mol. The van der Waals surface area contributed by atoms with Crippen molar-refractivity contribution in [1.82, 2.24) is 0 Å². The molecule has 0 spiro atoms. The number of ether oxygens (including phenoxy) is 2. The van der Waals surface area contributed by atoms with Gasteiger partial charge in [0.15, 0.2) is 6.10 Å². The zero-order valence-corrected chi connectivity index (χ0v) is 18.9. The number of hydrogen-bond donors (Lipinski definition) is 1. The molecule has 1 heterocycles. The maximum atomic E-state index is 12.6. The average Bonchev–Trinajstić information content (AvgIpc) is 3.01. The first kappa shape index (κ1) is 22.0. The molecule has 29 heavy (non-hydrogen) atoms. The van der Waals surface area contributed by atoms with Gasteiger partial charge in [-0.25, -0.2) is 4.79 Å². The van der Waals surface area contributed by atoms with Gasteiger partial charge in [-0.3, -0.25) is 4.79 Å². The molecule has 0 saturated carbocycles. The minimum absolute atomic E-state index is 0.196. The molecule has 0 fully saturated rings. The van der Waals surface area contributed by atoms with Gasteiger partial charge in [-0.05, 0) is 37.3 Å². The smallest absolute Gasteiger partial charge is 0.350 e. The molecule has 0 saturated heterocycles. The Labute approximate surface area is 190 Å². The number of anilines is 1. The van der Waals surface area contributed by atoms with Crippen LogP contribution < -0.4 is 10.1 Å². The molecule has 0 aliphatic heterocycles. The molecule has 1 unspecified atom stereocenters. The van der Waals surface area contributed by atoms with Crippen LogP contribution in [-0.4, -0.2) is 25.1 Å². The quantitative estimate of drug-likeness (QED) is 0.317. The van der Waals surface area contributed by atoms with Crippen LogP contribution in [0, 0.1) is 0 Å². The van der Waals surface area contributed by atoms with Gasteiger partial charge in [0.2, 0.25) is 0 Å². The van der Waals surface area contributed by atoms with E-state index in [0.29, 0.717) is 11.1 Å². The summed E-state index contributed by atoms with van der Waals surface area (Å²) in [4.78, 5) is 25.1. The van der Waals surface area contributed by atoms with Gasteiger partial charge in [-0.15, -0.1) is 11.3 Å². The Morgan fingerprint density at radius 2 is 1.72 bits per heavy atom. The number of methoxy groups -OCH3 is 1. The third kappa shape index (κ3) is 4.73. The Hall–Kier alpha value is -1.70. The Morgan fingerprint density at radius 1 is 1.03 bits per heavy atom. The topological polar surface area (TPSA) is 64.6 Å². The number of hydrogen-bond acceptors (Lipinski definition) is 5. The Balaban J connectivity index is 1.75. The molecule has 10 heteroatoms. The molecule has 1 aromatic heterocycles. The van der Waals surface area contributed by atoms with E-state index in [1.165, 1.54) is 19.1 Å². The summed E-state index contributed by atoms with van der Waals surface area (Å²) in [5.74, 6) is -0.655. The number of halogens is 4. The highest BCUT2D eigenvalue weighted by molar-refractivity contribution is 7.21. The Morgan fingerprint density at radius 3 is 2.41 bits per heavy atom. The number of esters is 1. The fourth-order valence-electron chi connectivity index (χ4n) is 2.42. The number of carbonyl (C=O) groups excluding carboxylic acids is 2. The number of benzene rings is 2. The van der Waals surface area contributed by atoms with Crippen LogP contribution in [0.1, 0.15) is 16.6 Å². The van der Waals surface area contributed by atoms with Crippen LogP contribution in [0.5, 0.6) is 5.75 Å². The van der Waals surface area contributed by atoms with Crippen molar-refractivity contribution < 1.29 is 19.1 Å². The molecule has 0 radical (unpaired) electrons. The van der Waals surface area contributed by atoms with Crippen LogP contribution in [0.3, 0.4) is 0 Å². The van der Waals surface area contributed by atoms with Crippen LogP contribution in [0.15, 0.2) is 30.3 Å². The lowest BCUT2D eigenvalue weighted by Gasteiger charge is -2.14. The molecule has 1 amide bonds. The van der Waals surface area contributed by atoms with E-state index in [-0.39, 0.29) is 30.7 Å². The largest absolute Gasteiger partial charge is 0.497 e. The molecular formula is C19H13Cl4NO4S. The van der Waals surface area contributed by atoms with E-state index in [1.807, 2.05) is 0 Å². The van der Waals surface area contributed by atoms with Gasteiger partial charge >= 0.3 is 5.97 Å². The van der Waals surface area contributed by atoms with Crippen LogP contribution in [0.25, 0.3) is 10.1 Å². The third-order valence-corrected chi connectivity index (χ3v) is 6.61. The molecule has 0 bridgehead atoms. The zero-order chi connectivity index (χ0) is 21.3. The molecule has 0 aliphatic carbocycles. The molecule has 152 valence electrons. The van der Waals surface area contributed by atoms with E-state index in [2.05, 4.69) is 5.32 Å². The maximum Gasteiger partial charge on any atom is 0.350 e. The molecule has 3 rings (SSSR count). The summed E-state index contributed by atoms with van der Waals surface area (Å²) in [5, 5.41) is 4.20. The van der Waals surface area contributed by atoms with Crippen molar-refractivity contribution in [3.8, 4) is 5.75 Å². The molecular weight excluding hydrogens is 480 g/mol. The summed E-state index contributed by atoms with van der Waals surface area (Å²) < 4.78 is 11.2. The number of rotatable bonds is 5. The minimum Gasteiger partial charge on any atom is -0.497 e. The standard InChI is InChI=1S/C19H13Cl4NO4S/c1-8(18(25)24-14-7-12(21)11(20)6-13(14)22)28-19(26)17-16(23)10-4-3-9(27-2)5-15(10)29-17/h3-8H,1-2H3,(H,24,25). The predicted molar refractivity (Wildman–Crippen MR) is 118 cm³/mol. The third-order valence-electron chi connectivity index (χ3n) is 3.94.